The molecular weight excluding hydrogens is 350 g/mol. The lowest BCUT2D eigenvalue weighted by atomic mass is 10.1. The zero-order chi connectivity index (χ0) is 19.0. The van der Waals surface area contributed by atoms with Gasteiger partial charge >= 0.3 is 0 Å². The number of rotatable bonds is 7. The second-order valence-electron chi connectivity index (χ2n) is 6.65. The average Bonchev–Trinajstić information content (AvgIpc) is 2.65. The highest BCUT2D eigenvalue weighted by Crippen LogP contribution is 2.18. The Hall–Kier alpha value is -1.64. The Kier molecular flexibility index (Phi) is 7.86. The van der Waals surface area contributed by atoms with Crippen LogP contribution in [0.4, 0.5) is 0 Å². The van der Waals surface area contributed by atoms with E-state index in [1.807, 2.05) is 12.1 Å². The molecule has 1 aromatic rings. The highest BCUT2D eigenvalue weighted by atomic mass is 32.2. The summed E-state index contributed by atoms with van der Waals surface area (Å²) in [7, 11) is 1.34. The molecular formula is C18H31N5O2S. The van der Waals surface area contributed by atoms with Crippen LogP contribution in [0.2, 0.25) is 0 Å². The van der Waals surface area contributed by atoms with Crippen molar-refractivity contribution in [3.8, 4) is 0 Å². The minimum Gasteiger partial charge on any atom is -0.355 e. The minimum atomic E-state index is -3.47. The Labute approximate surface area is 157 Å². The number of nitrogens with one attached hydrogen (secondary N) is 2. The van der Waals surface area contributed by atoms with Crippen LogP contribution in [0.25, 0.3) is 0 Å². The molecule has 0 aliphatic carbocycles. The van der Waals surface area contributed by atoms with Crippen molar-refractivity contribution in [3.05, 3.63) is 29.8 Å². The van der Waals surface area contributed by atoms with Gasteiger partial charge in [-0.2, -0.15) is 0 Å². The van der Waals surface area contributed by atoms with Gasteiger partial charge in [0.15, 0.2) is 5.96 Å². The predicted octanol–water partition coefficient (Wildman–Crippen LogP) is 1.09. The van der Waals surface area contributed by atoms with Crippen LogP contribution in [0, 0.1) is 0 Å². The van der Waals surface area contributed by atoms with Gasteiger partial charge in [-0.15, -0.1) is 0 Å². The second kappa shape index (κ2) is 9.89. The van der Waals surface area contributed by atoms with Crippen LogP contribution in [0.1, 0.15) is 24.8 Å². The SMILES string of the molecule is CN=C(NCCN1CCCCC1)NCc1ccccc1S(=O)(=O)N(C)C. The number of sulfonamides is 1. The van der Waals surface area contributed by atoms with E-state index in [2.05, 4.69) is 20.5 Å². The van der Waals surface area contributed by atoms with E-state index < -0.39 is 10.0 Å². The standard InChI is InChI=1S/C18H31N5O2S/c1-19-18(20-11-14-23-12-7-4-8-13-23)21-15-16-9-5-6-10-17(16)26(24,25)22(2)3/h5-6,9-10H,4,7-8,11-15H2,1-3H3,(H2,19,20,21). The first-order valence-electron chi connectivity index (χ1n) is 9.12. The molecule has 0 amide bonds. The molecule has 8 heteroatoms. The van der Waals surface area contributed by atoms with Crippen LogP contribution >= 0.6 is 0 Å². The lowest BCUT2D eigenvalue weighted by molar-refractivity contribution is 0.232. The van der Waals surface area contributed by atoms with Crippen LogP contribution in [0.5, 0.6) is 0 Å². The Balaban J connectivity index is 1.90. The molecule has 1 saturated heterocycles. The summed E-state index contributed by atoms with van der Waals surface area (Å²) in [6.45, 7) is 4.54. The molecule has 2 N–H and O–H groups in total. The number of nitrogens with zero attached hydrogens (tertiary/aromatic N) is 3. The molecule has 0 aromatic heterocycles. The number of aliphatic imine (C=N–C) groups is 1. The number of likely N-dealkylation sites (tertiary alicyclic amines) is 1. The van der Waals surface area contributed by atoms with E-state index in [1.54, 1.807) is 33.3 Å². The average molecular weight is 382 g/mol. The van der Waals surface area contributed by atoms with Gasteiger partial charge in [-0.3, -0.25) is 4.99 Å². The van der Waals surface area contributed by atoms with Crippen molar-refractivity contribution in [3.63, 3.8) is 0 Å². The molecule has 26 heavy (non-hydrogen) atoms. The van der Waals surface area contributed by atoms with Crippen LogP contribution in [-0.4, -0.2) is 70.9 Å². The molecule has 2 rings (SSSR count). The Bertz CT molecular complexity index is 697. The lowest BCUT2D eigenvalue weighted by Gasteiger charge is -2.26. The van der Waals surface area contributed by atoms with Crippen LogP contribution in [-0.2, 0) is 16.6 Å². The van der Waals surface area contributed by atoms with Crippen molar-refractivity contribution < 1.29 is 8.42 Å². The van der Waals surface area contributed by atoms with Crippen LogP contribution in [0.3, 0.4) is 0 Å². The minimum absolute atomic E-state index is 0.321. The second-order valence-corrected chi connectivity index (χ2v) is 8.77. The van der Waals surface area contributed by atoms with E-state index in [1.165, 1.54) is 36.7 Å². The van der Waals surface area contributed by atoms with Gasteiger partial charge in [0.1, 0.15) is 0 Å². The monoisotopic (exact) mass is 381 g/mol. The molecule has 1 aromatic carbocycles. The van der Waals surface area contributed by atoms with Crippen molar-refractivity contribution in [2.24, 2.45) is 4.99 Å². The number of hydrogen-bond acceptors (Lipinski definition) is 4. The molecule has 7 nitrogen and oxygen atoms in total. The van der Waals surface area contributed by atoms with Gasteiger partial charge < -0.3 is 15.5 Å². The van der Waals surface area contributed by atoms with Crippen molar-refractivity contribution in [1.82, 2.24) is 19.8 Å². The molecule has 0 spiro atoms. The molecule has 0 saturated carbocycles. The van der Waals surface area contributed by atoms with Crippen molar-refractivity contribution in [2.45, 2.75) is 30.7 Å². The normalized spacial score (nSPS) is 16.7. The quantitative estimate of drug-likeness (QED) is 0.546. The topological polar surface area (TPSA) is 77.0 Å². The van der Waals surface area contributed by atoms with Crippen molar-refractivity contribution in [1.29, 1.82) is 0 Å². The number of hydrogen-bond donors (Lipinski definition) is 2. The van der Waals surface area contributed by atoms with E-state index in [9.17, 15) is 8.42 Å². The zero-order valence-corrected chi connectivity index (χ0v) is 16.8. The van der Waals surface area contributed by atoms with Crippen molar-refractivity contribution >= 4 is 16.0 Å². The maximum atomic E-state index is 12.5. The lowest BCUT2D eigenvalue weighted by Crippen LogP contribution is -2.42. The largest absolute Gasteiger partial charge is 0.355 e. The van der Waals surface area contributed by atoms with Gasteiger partial charge in [0.05, 0.1) is 4.90 Å². The maximum Gasteiger partial charge on any atom is 0.242 e. The summed E-state index contributed by atoms with van der Waals surface area (Å²) in [6.07, 6.45) is 3.90. The third kappa shape index (κ3) is 5.69. The van der Waals surface area contributed by atoms with E-state index >= 15 is 0 Å². The van der Waals surface area contributed by atoms with Gasteiger partial charge in [0, 0.05) is 40.8 Å². The van der Waals surface area contributed by atoms with E-state index in [-0.39, 0.29) is 0 Å². The third-order valence-corrected chi connectivity index (χ3v) is 6.49. The first kappa shape index (κ1) is 20.7. The van der Waals surface area contributed by atoms with Crippen LogP contribution < -0.4 is 10.6 Å². The first-order valence-corrected chi connectivity index (χ1v) is 10.6. The number of piperidine rings is 1. The Morgan fingerprint density at radius 3 is 2.50 bits per heavy atom. The molecule has 0 radical (unpaired) electrons. The highest BCUT2D eigenvalue weighted by Gasteiger charge is 2.20. The molecule has 1 heterocycles. The van der Waals surface area contributed by atoms with Gasteiger partial charge in [-0.05, 0) is 37.6 Å². The summed E-state index contributed by atoms with van der Waals surface area (Å²) in [6, 6.07) is 7.05. The van der Waals surface area contributed by atoms with E-state index in [0.29, 0.717) is 17.4 Å². The summed E-state index contributed by atoms with van der Waals surface area (Å²) in [5, 5.41) is 6.52. The fourth-order valence-electron chi connectivity index (χ4n) is 3.01. The van der Waals surface area contributed by atoms with E-state index in [4.69, 9.17) is 0 Å². The highest BCUT2D eigenvalue weighted by molar-refractivity contribution is 7.89. The summed E-state index contributed by atoms with van der Waals surface area (Å²) in [5.41, 5.74) is 0.722. The number of benzene rings is 1. The zero-order valence-electron chi connectivity index (χ0n) is 16.0. The summed E-state index contributed by atoms with van der Waals surface area (Å²) in [4.78, 5) is 7.01. The predicted molar refractivity (Wildman–Crippen MR) is 106 cm³/mol. The Morgan fingerprint density at radius 1 is 1.15 bits per heavy atom. The molecule has 0 unspecified atom stereocenters. The molecule has 1 aliphatic heterocycles. The molecule has 1 aliphatic rings. The smallest absolute Gasteiger partial charge is 0.242 e. The van der Waals surface area contributed by atoms with Crippen LogP contribution in [0.15, 0.2) is 34.2 Å². The van der Waals surface area contributed by atoms with Gasteiger partial charge in [-0.25, -0.2) is 12.7 Å². The Morgan fingerprint density at radius 2 is 1.85 bits per heavy atom. The maximum absolute atomic E-state index is 12.5. The third-order valence-electron chi connectivity index (χ3n) is 4.57. The summed E-state index contributed by atoms with van der Waals surface area (Å²) >= 11 is 0. The van der Waals surface area contributed by atoms with Gasteiger partial charge in [0.25, 0.3) is 0 Å². The molecule has 0 bridgehead atoms. The van der Waals surface area contributed by atoms with Gasteiger partial charge in [-0.1, -0.05) is 24.6 Å². The fraction of sp³-hybridized carbons (Fsp3) is 0.611. The first-order chi connectivity index (χ1) is 12.4. The van der Waals surface area contributed by atoms with E-state index in [0.717, 1.165) is 18.7 Å². The summed E-state index contributed by atoms with van der Waals surface area (Å²) in [5.74, 6) is 0.680. The van der Waals surface area contributed by atoms with Crippen molar-refractivity contribution in [2.75, 3.05) is 47.3 Å². The summed E-state index contributed by atoms with van der Waals surface area (Å²) < 4.78 is 26.2. The fourth-order valence-corrected chi connectivity index (χ4v) is 4.13. The van der Waals surface area contributed by atoms with Gasteiger partial charge in [0.2, 0.25) is 10.0 Å². The number of guanidine groups is 1. The molecule has 146 valence electrons. The molecule has 1 fully saturated rings. The molecule has 0 atom stereocenters.